The first kappa shape index (κ1) is 19.9. The Morgan fingerprint density at radius 3 is 1.40 bits per heavy atom. The van der Waals surface area contributed by atoms with Crippen molar-refractivity contribution in [3.05, 3.63) is 0 Å². The van der Waals surface area contributed by atoms with Crippen molar-refractivity contribution in [2.24, 2.45) is 0 Å². The second kappa shape index (κ2) is 7.66. The van der Waals surface area contributed by atoms with Crippen LogP contribution in [0.25, 0.3) is 0 Å². The van der Waals surface area contributed by atoms with Crippen LogP contribution >= 0.6 is 0 Å². The van der Waals surface area contributed by atoms with Crippen LogP contribution in [0.15, 0.2) is 0 Å². The second-order valence-corrected chi connectivity index (χ2v) is 2.42. The first-order chi connectivity index (χ1) is 5.78. The number of carboxylic acids is 3. The van der Waals surface area contributed by atoms with E-state index in [2.05, 4.69) is 0 Å². The van der Waals surface area contributed by atoms with Crippen molar-refractivity contribution in [1.82, 2.24) is 0 Å². The first-order valence-electron chi connectivity index (χ1n) is 3.11. The minimum Gasteiger partial charge on any atom is -0.550 e. The molecule has 1 N–H and O–H groups in total. The molecule has 0 atom stereocenters. The van der Waals surface area contributed by atoms with E-state index >= 15 is 0 Å². The average molecular weight is 312 g/mol. The number of aliphatic hydroxyl groups is 1. The number of hydrogen-bond donors (Lipinski definition) is 1. The summed E-state index contributed by atoms with van der Waals surface area (Å²) >= 11 is 0. The fraction of sp³-hybridized carbons (Fsp3) is 0.500. The Morgan fingerprint density at radius 2 is 1.27 bits per heavy atom. The van der Waals surface area contributed by atoms with E-state index in [9.17, 15) is 29.7 Å². The summed E-state index contributed by atoms with van der Waals surface area (Å²) in [7, 11) is 0. The smallest absolute Gasteiger partial charge is 0.550 e. The van der Waals surface area contributed by atoms with Crippen molar-refractivity contribution in [1.29, 1.82) is 0 Å². The molecule has 7 nitrogen and oxygen atoms in total. The molecule has 0 heterocycles. The van der Waals surface area contributed by atoms with Crippen LogP contribution in [-0.2, 0) is 48.2 Å². The van der Waals surface area contributed by atoms with Gasteiger partial charge in [0.25, 0.3) is 0 Å². The van der Waals surface area contributed by atoms with Crippen LogP contribution in [-0.4, -0.2) is 28.6 Å². The molecule has 0 aromatic carbocycles. The number of hydrogen-bond acceptors (Lipinski definition) is 7. The molecule has 0 rings (SSSR count). The van der Waals surface area contributed by atoms with Crippen molar-refractivity contribution in [3.8, 4) is 0 Å². The largest absolute Gasteiger partial charge is 2.00 e. The van der Waals surface area contributed by atoms with E-state index in [-0.39, 0.29) is 33.8 Å². The number of aliphatic carboxylic acids is 3. The van der Waals surface area contributed by atoms with Gasteiger partial charge >= 0.3 is 33.8 Å². The molecule has 0 aliphatic carbocycles. The van der Waals surface area contributed by atoms with Gasteiger partial charge in [-0.25, -0.2) is 0 Å². The van der Waals surface area contributed by atoms with Crippen molar-refractivity contribution < 1.29 is 68.7 Å². The molecule has 1 radical (unpaired) electrons. The number of carbonyl (C=O) groups excluding carboxylic acids is 3. The maximum atomic E-state index is 10.1. The first-order valence-corrected chi connectivity index (χ1v) is 3.11. The Balaban J connectivity index is -0.000000720. The Labute approximate surface area is 105 Å². The minimum absolute atomic E-state index is 0. The fourth-order valence-corrected chi connectivity index (χ4v) is 0.684. The van der Waals surface area contributed by atoms with Crippen LogP contribution < -0.4 is 15.3 Å². The molecule has 0 spiro atoms. The molecule has 0 saturated carbocycles. The third kappa shape index (κ3) is 7.34. The minimum atomic E-state index is -2.97. The van der Waals surface area contributed by atoms with E-state index in [4.69, 9.17) is 5.11 Å². The summed E-state index contributed by atoms with van der Waals surface area (Å²) in [5, 5.41) is 38.9. The molecule has 0 aromatic rings. The number of rotatable bonds is 5. The van der Waals surface area contributed by atoms with Crippen molar-refractivity contribution in [3.63, 3.8) is 0 Å². The van der Waals surface area contributed by atoms with Crippen molar-refractivity contribution >= 4 is 17.9 Å². The summed E-state index contributed by atoms with van der Waals surface area (Å²) in [6.07, 6.45) is -2.72. The summed E-state index contributed by atoms with van der Waals surface area (Å²) in [6.45, 7) is 0. The number of carbonyl (C=O) groups is 3. The second-order valence-electron chi connectivity index (χ2n) is 2.42. The van der Waals surface area contributed by atoms with Crippen molar-refractivity contribution in [2.75, 3.05) is 0 Å². The third-order valence-corrected chi connectivity index (χ3v) is 1.25. The van der Waals surface area contributed by atoms with Crippen LogP contribution in [0.3, 0.4) is 0 Å². The monoisotopic (exact) mass is 311 g/mol. The SMILES string of the molecule is O=C([O-])CC(O)(CC(=O)[O-])C(=O)[O-].[Co+2].[Cu+]. The molecule has 0 fully saturated rings. The van der Waals surface area contributed by atoms with Crippen molar-refractivity contribution in [2.45, 2.75) is 18.4 Å². The molecule has 0 aliphatic rings. The molecule has 0 saturated heterocycles. The average Bonchev–Trinajstić information content (AvgIpc) is 1.82. The van der Waals surface area contributed by atoms with Crippen LogP contribution in [0, 0.1) is 0 Å². The summed E-state index contributed by atoms with van der Waals surface area (Å²) < 4.78 is 0. The van der Waals surface area contributed by atoms with Gasteiger partial charge in [0.15, 0.2) is 0 Å². The Bertz CT molecular complexity index is 238. The number of carboxylic acid groups (broad SMARTS) is 3. The molecule has 91 valence electrons. The zero-order valence-corrected chi connectivity index (χ0v) is 8.93. The zero-order valence-electron chi connectivity index (χ0n) is 6.95. The third-order valence-electron chi connectivity index (χ3n) is 1.25. The van der Waals surface area contributed by atoms with Gasteiger partial charge in [0.2, 0.25) is 0 Å². The molecule has 0 amide bonds. The topological polar surface area (TPSA) is 141 Å². The van der Waals surface area contributed by atoms with E-state index in [1.165, 1.54) is 0 Å². The van der Waals surface area contributed by atoms with Gasteiger partial charge < -0.3 is 34.8 Å². The summed E-state index contributed by atoms with van der Waals surface area (Å²) in [4.78, 5) is 30.0. The molecule has 0 aromatic heterocycles. The predicted octanol–water partition coefficient (Wildman–Crippen LogP) is -5.26. The van der Waals surface area contributed by atoms with Gasteiger partial charge in [0, 0.05) is 24.8 Å². The molecule has 0 bridgehead atoms. The zero-order chi connectivity index (χ0) is 10.6. The molecule has 0 unspecified atom stereocenters. The summed E-state index contributed by atoms with van der Waals surface area (Å²) in [6, 6.07) is 0. The van der Waals surface area contributed by atoms with Gasteiger partial charge in [-0.3, -0.25) is 0 Å². The van der Waals surface area contributed by atoms with E-state index in [0.29, 0.717) is 0 Å². The molecule has 15 heavy (non-hydrogen) atoms. The van der Waals surface area contributed by atoms with Gasteiger partial charge in [0.05, 0.1) is 5.97 Å². The molecule has 0 aliphatic heterocycles. The van der Waals surface area contributed by atoms with Gasteiger partial charge in [-0.15, -0.1) is 0 Å². The van der Waals surface area contributed by atoms with Gasteiger partial charge in [0.1, 0.15) is 5.60 Å². The van der Waals surface area contributed by atoms with Crippen LogP contribution in [0.1, 0.15) is 12.8 Å². The van der Waals surface area contributed by atoms with Crippen LogP contribution in [0.5, 0.6) is 0 Å². The Hall–Kier alpha value is -0.604. The van der Waals surface area contributed by atoms with Crippen LogP contribution in [0.2, 0.25) is 0 Å². The molecular formula is C6H5CoCuO7. The maximum Gasteiger partial charge on any atom is 2.00 e. The normalized spacial score (nSPS) is 9.40. The maximum absolute atomic E-state index is 10.1. The van der Waals surface area contributed by atoms with Crippen LogP contribution in [0.4, 0.5) is 0 Å². The summed E-state index contributed by atoms with van der Waals surface area (Å²) in [5.74, 6) is -5.98. The Kier molecular flexibility index (Phi) is 10.2. The van der Waals surface area contributed by atoms with E-state index in [0.717, 1.165) is 0 Å². The predicted molar refractivity (Wildman–Crippen MR) is 29.2 cm³/mol. The fourth-order valence-electron chi connectivity index (χ4n) is 0.684. The van der Waals surface area contributed by atoms with Gasteiger partial charge in [-0.2, -0.15) is 0 Å². The van der Waals surface area contributed by atoms with Gasteiger partial charge in [-0.05, 0) is 0 Å². The molecule has 9 heteroatoms. The quantitative estimate of drug-likeness (QED) is 0.500. The van der Waals surface area contributed by atoms with E-state index in [1.54, 1.807) is 0 Å². The molecular weight excluding hydrogens is 307 g/mol. The summed E-state index contributed by atoms with van der Waals surface area (Å²) in [5.41, 5.74) is -2.97. The standard InChI is InChI=1S/C6H8O7.Co.Cu/c7-3(8)1-6(13,5(11)12)2-4(9)10;;/h13H,1-2H2,(H,7,8)(H,9,10)(H,11,12);;/q;+2;+1/p-3. The van der Waals surface area contributed by atoms with E-state index < -0.39 is 36.4 Å². The Morgan fingerprint density at radius 1 is 1.00 bits per heavy atom. The van der Waals surface area contributed by atoms with E-state index in [1.807, 2.05) is 0 Å². The van der Waals surface area contributed by atoms with Gasteiger partial charge in [-0.1, -0.05) is 0 Å².